The Hall–Kier alpha value is -1.96. The molecule has 2 atom stereocenters. The minimum absolute atomic E-state index is 0.155. The zero-order chi connectivity index (χ0) is 14.6. The summed E-state index contributed by atoms with van der Waals surface area (Å²) in [6, 6.07) is 3.15. The summed E-state index contributed by atoms with van der Waals surface area (Å²) < 4.78 is 0. The molecule has 2 unspecified atom stereocenters. The minimum atomic E-state index is -1.59. The first-order valence-electron chi connectivity index (χ1n) is 5.46. The second-order valence-electron chi connectivity index (χ2n) is 3.94. The maximum absolute atomic E-state index is 11.0. The summed E-state index contributed by atoms with van der Waals surface area (Å²) in [6.07, 6.45) is -3.12. The van der Waals surface area contributed by atoms with Crippen LogP contribution in [0.4, 0.5) is 0 Å². The van der Waals surface area contributed by atoms with Crippen LogP contribution in [0.2, 0.25) is 0 Å². The van der Waals surface area contributed by atoms with E-state index in [1.54, 1.807) is 0 Å². The molecule has 19 heavy (non-hydrogen) atoms. The molecule has 1 aromatic carbocycles. The Morgan fingerprint density at radius 3 is 2.21 bits per heavy atom. The third-order valence-electron chi connectivity index (χ3n) is 2.64. The Bertz CT molecular complexity index is 483. The van der Waals surface area contributed by atoms with Gasteiger partial charge in [-0.25, -0.2) is 9.59 Å². The second kappa shape index (κ2) is 6.28. The molecule has 104 valence electrons. The van der Waals surface area contributed by atoms with E-state index in [-0.39, 0.29) is 29.7 Å². The van der Waals surface area contributed by atoms with E-state index in [1.165, 1.54) is 0 Å². The fourth-order valence-corrected chi connectivity index (χ4v) is 1.63. The van der Waals surface area contributed by atoms with Gasteiger partial charge in [0.1, 0.15) is 6.10 Å². The van der Waals surface area contributed by atoms with Gasteiger partial charge in [-0.2, -0.15) is 0 Å². The standard InChI is InChI=1S/C12H14O7/c13-4-3-9(14)10(15)8-5-6(11(16)17)1-2-7(8)12(18)19/h1-2,5,9-10,13-15H,3-4H2,(H,16,17)(H,18,19). The van der Waals surface area contributed by atoms with Crippen LogP contribution in [0.3, 0.4) is 0 Å². The van der Waals surface area contributed by atoms with E-state index < -0.39 is 24.1 Å². The van der Waals surface area contributed by atoms with E-state index in [1.807, 2.05) is 0 Å². The molecule has 0 heterocycles. The fraction of sp³-hybridized carbons (Fsp3) is 0.333. The molecule has 0 amide bonds. The number of hydrogen-bond donors (Lipinski definition) is 5. The predicted octanol–water partition coefficient (Wildman–Crippen LogP) is -0.140. The number of rotatable bonds is 6. The summed E-state index contributed by atoms with van der Waals surface area (Å²) in [6.45, 7) is -0.390. The fourth-order valence-electron chi connectivity index (χ4n) is 1.63. The highest BCUT2D eigenvalue weighted by molar-refractivity contribution is 5.93. The smallest absolute Gasteiger partial charge is 0.336 e. The van der Waals surface area contributed by atoms with Gasteiger partial charge in [0.2, 0.25) is 0 Å². The summed E-state index contributed by atoms with van der Waals surface area (Å²) in [5.74, 6) is -2.62. The van der Waals surface area contributed by atoms with Crippen LogP contribution in [-0.4, -0.2) is 50.2 Å². The average molecular weight is 270 g/mol. The number of aromatic carboxylic acids is 2. The average Bonchev–Trinajstić information content (AvgIpc) is 2.37. The van der Waals surface area contributed by atoms with E-state index in [0.29, 0.717) is 0 Å². The highest BCUT2D eigenvalue weighted by Gasteiger charge is 2.24. The molecule has 0 fully saturated rings. The second-order valence-corrected chi connectivity index (χ2v) is 3.94. The largest absolute Gasteiger partial charge is 0.478 e. The number of carbonyl (C=O) groups is 2. The molecule has 7 nitrogen and oxygen atoms in total. The molecule has 0 spiro atoms. The topological polar surface area (TPSA) is 135 Å². The lowest BCUT2D eigenvalue weighted by Gasteiger charge is -2.19. The molecule has 1 rings (SSSR count). The molecule has 0 saturated heterocycles. The first-order chi connectivity index (χ1) is 8.88. The molecule has 0 radical (unpaired) electrons. The van der Waals surface area contributed by atoms with Gasteiger partial charge in [-0.3, -0.25) is 0 Å². The van der Waals surface area contributed by atoms with Gasteiger partial charge in [0, 0.05) is 6.61 Å². The Labute approximate surface area is 108 Å². The van der Waals surface area contributed by atoms with Crippen molar-refractivity contribution in [3.63, 3.8) is 0 Å². The molecular weight excluding hydrogens is 256 g/mol. The van der Waals surface area contributed by atoms with E-state index in [4.69, 9.17) is 15.3 Å². The van der Waals surface area contributed by atoms with Gasteiger partial charge in [0.05, 0.1) is 17.2 Å². The van der Waals surface area contributed by atoms with Crippen molar-refractivity contribution in [2.24, 2.45) is 0 Å². The van der Waals surface area contributed by atoms with Crippen molar-refractivity contribution in [2.45, 2.75) is 18.6 Å². The summed E-state index contributed by atoms with van der Waals surface area (Å²) in [5, 5.41) is 45.9. The highest BCUT2D eigenvalue weighted by Crippen LogP contribution is 2.24. The highest BCUT2D eigenvalue weighted by atomic mass is 16.4. The molecule has 0 bridgehead atoms. The Balaban J connectivity index is 3.24. The summed E-state index contributed by atoms with van der Waals surface area (Å²) >= 11 is 0. The summed E-state index contributed by atoms with van der Waals surface area (Å²) in [4.78, 5) is 21.8. The van der Waals surface area contributed by atoms with Gasteiger partial charge in [0.15, 0.2) is 0 Å². The number of hydrogen-bond acceptors (Lipinski definition) is 5. The first kappa shape index (κ1) is 15.1. The Morgan fingerprint density at radius 1 is 1.11 bits per heavy atom. The van der Waals surface area contributed by atoms with E-state index in [2.05, 4.69) is 0 Å². The van der Waals surface area contributed by atoms with Crippen LogP contribution in [0.5, 0.6) is 0 Å². The van der Waals surface area contributed by atoms with E-state index in [9.17, 15) is 19.8 Å². The molecule has 7 heteroatoms. The number of carboxylic acids is 2. The van der Waals surface area contributed by atoms with Gasteiger partial charge in [-0.1, -0.05) is 0 Å². The number of aliphatic hydroxyl groups excluding tert-OH is 3. The van der Waals surface area contributed by atoms with Crippen LogP contribution in [0.25, 0.3) is 0 Å². The quantitative estimate of drug-likeness (QED) is 0.485. The van der Waals surface area contributed by atoms with Crippen LogP contribution >= 0.6 is 0 Å². The molecule has 0 aliphatic heterocycles. The maximum Gasteiger partial charge on any atom is 0.336 e. The zero-order valence-electron chi connectivity index (χ0n) is 9.85. The van der Waals surface area contributed by atoms with Crippen molar-refractivity contribution in [2.75, 3.05) is 6.61 Å². The lowest BCUT2D eigenvalue weighted by atomic mass is 9.95. The van der Waals surface area contributed by atoms with Crippen LogP contribution in [0, 0.1) is 0 Å². The van der Waals surface area contributed by atoms with Crippen LogP contribution in [0.15, 0.2) is 18.2 Å². The third kappa shape index (κ3) is 3.50. The SMILES string of the molecule is O=C(O)c1ccc(C(=O)O)c(C(O)C(O)CCO)c1. The first-order valence-corrected chi connectivity index (χ1v) is 5.46. The predicted molar refractivity (Wildman–Crippen MR) is 63.0 cm³/mol. The lowest BCUT2D eigenvalue weighted by molar-refractivity contribution is 0.00343. The van der Waals surface area contributed by atoms with Gasteiger partial charge < -0.3 is 25.5 Å². The molecule has 1 aromatic rings. The summed E-state index contributed by atoms with van der Waals surface area (Å²) in [5.41, 5.74) is -0.696. The molecule has 0 aromatic heterocycles. The van der Waals surface area contributed by atoms with Gasteiger partial charge in [0.25, 0.3) is 0 Å². The van der Waals surface area contributed by atoms with Gasteiger partial charge >= 0.3 is 11.9 Å². The molecule has 0 aliphatic rings. The molecule has 0 aliphatic carbocycles. The van der Waals surface area contributed by atoms with Crippen molar-refractivity contribution in [1.82, 2.24) is 0 Å². The number of aliphatic hydroxyl groups is 3. The van der Waals surface area contributed by atoms with Crippen LogP contribution in [0.1, 0.15) is 38.8 Å². The van der Waals surface area contributed by atoms with Gasteiger partial charge in [-0.05, 0) is 30.2 Å². The Kier molecular flexibility index (Phi) is 4.99. The summed E-state index contributed by atoms with van der Waals surface area (Å²) in [7, 11) is 0. The van der Waals surface area contributed by atoms with Gasteiger partial charge in [-0.15, -0.1) is 0 Å². The van der Waals surface area contributed by atoms with Crippen molar-refractivity contribution >= 4 is 11.9 Å². The van der Waals surface area contributed by atoms with E-state index >= 15 is 0 Å². The zero-order valence-corrected chi connectivity index (χ0v) is 9.85. The van der Waals surface area contributed by atoms with Crippen LogP contribution in [-0.2, 0) is 0 Å². The maximum atomic E-state index is 11.0. The molecule has 0 saturated carbocycles. The normalized spacial score (nSPS) is 13.8. The monoisotopic (exact) mass is 270 g/mol. The van der Waals surface area contributed by atoms with Crippen molar-refractivity contribution in [3.8, 4) is 0 Å². The molecular formula is C12H14O7. The van der Waals surface area contributed by atoms with Crippen molar-refractivity contribution in [1.29, 1.82) is 0 Å². The van der Waals surface area contributed by atoms with Crippen molar-refractivity contribution < 1.29 is 35.1 Å². The van der Waals surface area contributed by atoms with E-state index in [0.717, 1.165) is 18.2 Å². The minimum Gasteiger partial charge on any atom is -0.478 e. The Morgan fingerprint density at radius 2 is 1.74 bits per heavy atom. The van der Waals surface area contributed by atoms with Crippen LogP contribution < -0.4 is 0 Å². The van der Waals surface area contributed by atoms with Crippen molar-refractivity contribution in [3.05, 3.63) is 34.9 Å². The number of carboxylic acid groups (broad SMARTS) is 2. The lowest BCUT2D eigenvalue weighted by Crippen LogP contribution is -2.22. The number of benzene rings is 1. The molecule has 5 N–H and O–H groups in total. The third-order valence-corrected chi connectivity index (χ3v) is 2.64.